The third-order valence-electron chi connectivity index (χ3n) is 6.35. The van der Waals surface area contributed by atoms with Gasteiger partial charge >= 0.3 is 0 Å². The molecular weight excluding hydrogens is 340 g/mol. The minimum atomic E-state index is -0.150. The SMILES string of the molecule is CCN(CC)CCCOc1ccc(N2C(=O)C3C4C=CC(C4)C3C2=O)cc1. The fourth-order valence-corrected chi connectivity index (χ4v) is 4.87. The van der Waals surface area contributed by atoms with Gasteiger partial charge in [0, 0.05) is 6.54 Å². The van der Waals surface area contributed by atoms with Crippen molar-refractivity contribution in [2.75, 3.05) is 31.1 Å². The van der Waals surface area contributed by atoms with Gasteiger partial charge in [0.15, 0.2) is 0 Å². The molecule has 1 saturated heterocycles. The van der Waals surface area contributed by atoms with Gasteiger partial charge in [0.1, 0.15) is 5.75 Å². The van der Waals surface area contributed by atoms with Crippen molar-refractivity contribution in [3.05, 3.63) is 36.4 Å². The van der Waals surface area contributed by atoms with E-state index in [2.05, 4.69) is 30.9 Å². The van der Waals surface area contributed by atoms with Gasteiger partial charge in [-0.25, -0.2) is 0 Å². The van der Waals surface area contributed by atoms with Crippen LogP contribution in [0.15, 0.2) is 36.4 Å². The second kappa shape index (κ2) is 7.47. The maximum Gasteiger partial charge on any atom is 0.238 e. The van der Waals surface area contributed by atoms with Crippen molar-refractivity contribution in [2.45, 2.75) is 26.7 Å². The molecule has 4 atom stereocenters. The lowest BCUT2D eigenvalue weighted by Gasteiger charge is -2.18. The Hall–Kier alpha value is -2.14. The molecule has 1 saturated carbocycles. The molecule has 4 unspecified atom stereocenters. The number of rotatable bonds is 8. The van der Waals surface area contributed by atoms with Crippen LogP contribution in [0.25, 0.3) is 0 Å². The first-order chi connectivity index (χ1) is 13.1. The lowest BCUT2D eigenvalue weighted by Crippen LogP contribution is -2.32. The monoisotopic (exact) mass is 368 g/mol. The van der Waals surface area contributed by atoms with Gasteiger partial charge in [0.05, 0.1) is 24.1 Å². The molecule has 27 heavy (non-hydrogen) atoms. The summed E-state index contributed by atoms with van der Waals surface area (Å²) in [5.74, 6) is 0.903. The zero-order chi connectivity index (χ0) is 19.0. The first-order valence-electron chi connectivity index (χ1n) is 10.1. The number of ether oxygens (including phenoxy) is 1. The molecule has 2 amide bonds. The van der Waals surface area contributed by atoms with Gasteiger partial charge in [0.2, 0.25) is 11.8 Å². The molecule has 0 N–H and O–H groups in total. The summed E-state index contributed by atoms with van der Waals surface area (Å²) in [5.41, 5.74) is 0.661. The highest BCUT2D eigenvalue weighted by atomic mass is 16.5. The number of amides is 2. The highest BCUT2D eigenvalue weighted by Gasteiger charge is 2.59. The largest absolute Gasteiger partial charge is 0.494 e. The summed E-state index contributed by atoms with van der Waals surface area (Å²) in [6.07, 6.45) is 6.18. The number of benzene rings is 1. The van der Waals surface area contributed by atoms with Crippen LogP contribution in [0.2, 0.25) is 0 Å². The third-order valence-corrected chi connectivity index (χ3v) is 6.35. The van der Waals surface area contributed by atoms with Crippen molar-refractivity contribution >= 4 is 17.5 Å². The predicted octanol–water partition coefficient (Wildman–Crippen LogP) is 3.11. The number of fused-ring (bicyclic) bond motifs is 5. The van der Waals surface area contributed by atoms with Gasteiger partial charge in [-0.15, -0.1) is 0 Å². The van der Waals surface area contributed by atoms with Crippen LogP contribution in [0.3, 0.4) is 0 Å². The van der Waals surface area contributed by atoms with E-state index in [1.54, 1.807) is 0 Å². The van der Waals surface area contributed by atoms with Crippen LogP contribution in [0, 0.1) is 23.7 Å². The quantitative estimate of drug-likeness (QED) is 0.402. The van der Waals surface area contributed by atoms with Crippen LogP contribution in [0.1, 0.15) is 26.7 Å². The molecule has 4 rings (SSSR count). The average molecular weight is 368 g/mol. The van der Waals surface area contributed by atoms with Crippen LogP contribution in [-0.2, 0) is 9.59 Å². The van der Waals surface area contributed by atoms with Gasteiger partial charge in [-0.2, -0.15) is 0 Å². The van der Waals surface area contributed by atoms with E-state index < -0.39 is 0 Å². The maximum atomic E-state index is 12.8. The van der Waals surface area contributed by atoms with Crippen LogP contribution >= 0.6 is 0 Å². The number of hydrogen-bond acceptors (Lipinski definition) is 4. The first-order valence-corrected chi connectivity index (χ1v) is 10.1. The standard InChI is InChI=1S/C22H28N2O3/c1-3-23(4-2)12-5-13-27-18-10-8-17(9-11-18)24-21(25)19-15-6-7-16(14-15)20(19)22(24)26/h6-11,15-16,19-20H,3-5,12-14H2,1-2H3. The molecule has 5 nitrogen and oxygen atoms in total. The number of carbonyl (C=O) groups excluding carboxylic acids is 2. The summed E-state index contributed by atoms with van der Waals surface area (Å²) in [4.78, 5) is 29.4. The zero-order valence-corrected chi connectivity index (χ0v) is 16.1. The second-order valence-electron chi connectivity index (χ2n) is 7.73. The minimum Gasteiger partial charge on any atom is -0.494 e. The van der Waals surface area contributed by atoms with Crippen molar-refractivity contribution in [3.63, 3.8) is 0 Å². The van der Waals surface area contributed by atoms with Crippen LogP contribution in [0.5, 0.6) is 5.75 Å². The molecule has 2 bridgehead atoms. The number of imide groups is 1. The fraction of sp³-hybridized carbons (Fsp3) is 0.545. The fourth-order valence-electron chi connectivity index (χ4n) is 4.87. The van der Waals surface area contributed by atoms with Gasteiger partial charge in [-0.3, -0.25) is 14.5 Å². The Bertz CT molecular complexity index is 708. The topological polar surface area (TPSA) is 49.9 Å². The third kappa shape index (κ3) is 3.18. The van der Waals surface area contributed by atoms with Crippen molar-refractivity contribution in [2.24, 2.45) is 23.7 Å². The second-order valence-corrected chi connectivity index (χ2v) is 7.73. The van der Waals surface area contributed by atoms with Gasteiger partial charge in [0.25, 0.3) is 0 Å². The maximum absolute atomic E-state index is 12.8. The Morgan fingerprint density at radius 2 is 1.59 bits per heavy atom. The molecule has 5 heteroatoms. The molecule has 1 heterocycles. The summed E-state index contributed by atoms with van der Waals surface area (Å²) in [6, 6.07) is 7.36. The van der Waals surface area contributed by atoms with E-state index in [9.17, 15) is 9.59 Å². The van der Waals surface area contributed by atoms with Gasteiger partial charge in [-0.05, 0) is 62.0 Å². The Morgan fingerprint density at radius 1 is 1.00 bits per heavy atom. The first kappa shape index (κ1) is 18.2. The van der Waals surface area contributed by atoms with Crippen LogP contribution < -0.4 is 9.64 Å². The molecule has 0 aromatic heterocycles. The molecule has 3 aliphatic rings. The molecule has 1 aromatic rings. The lowest BCUT2D eigenvalue weighted by molar-refractivity contribution is -0.123. The molecule has 2 aliphatic carbocycles. The summed E-state index contributed by atoms with van der Waals surface area (Å²) >= 11 is 0. The molecule has 0 radical (unpaired) electrons. The average Bonchev–Trinajstić information content (AvgIpc) is 3.37. The highest BCUT2D eigenvalue weighted by molar-refractivity contribution is 6.22. The van der Waals surface area contributed by atoms with E-state index in [4.69, 9.17) is 4.74 Å². The molecule has 144 valence electrons. The van der Waals surface area contributed by atoms with Gasteiger partial charge < -0.3 is 9.64 Å². The summed E-state index contributed by atoms with van der Waals surface area (Å²) in [6.45, 7) is 8.14. The van der Waals surface area contributed by atoms with E-state index in [1.807, 2.05) is 24.3 Å². The van der Waals surface area contributed by atoms with Gasteiger partial charge in [-0.1, -0.05) is 26.0 Å². The molecule has 1 aromatic carbocycles. The Labute approximate surface area is 161 Å². The summed E-state index contributed by atoms with van der Waals surface area (Å²) < 4.78 is 5.81. The highest BCUT2D eigenvalue weighted by Crippen LogP contribution is 2.53. The Balaban J connectivity index is 1.36. The molecule has 2 fully saturated rings. The Morgan fingerprint density at radius 3 is 2.15 bits per heavy atom. The van der Waals surface area contributed by atoms with E-state index in [1.165, 1.54) is 4.90 Å². The van der Waals surface area contributed by atoms with Crippen LogP contribution in [-0.4, -0.2) is 43.0 Å². The zero-order valence-electron chi connectivity index (χ0n) is 16.1. The molecule has 0 spiro atoms. The molecule has 1 aliphatic heterocycles. The van der Waals surface area contributed by atoms with Crippen LogP contribution in [0.4, 0.5) is 5.69 Å². The van der Waals surface area contributed by atoms with Crippen molar-refractivity contribution in [1.29, 1.82) is 0 Å². The number of anilines is 1. The van der Waals surface area contributed by atoms with Crippen molar-refractivity contribution in [1.82, 2.24) is 4.90 Å². The number of nitrogens with zero attached hydrogens (tertiary/aromatic N) is 2. The number of carbonyl (C=O) groups is 2. The lowest BCUT2D eigenvalue weighted by atomic mass is 9.85. The van der Waals surface area contributed by atoms with Crippen molar-refractivity contribution in [3.8, 4) is 5.75 Å². The van der Waals surface area contributed by atoms with E-state index in [-0.39, 0.29) is 35.5 Å². The van der Waals surface area contributed by atoms with Crippen molar-refractivity contribution < 1.29 is 14.3 Å². The smallest absolute Gasteiger partial charge is 0.238 e. The van der Waals surface area contributed by atoms with E-state index in [0.29, 0.717) is 12.3 Å². The van der Waals surface area contributed by atoms with E-state index >= 15 is 0 Å². The minimum absolute atomic E-state index is 0.0326. The summed E-state index contributed by atoms with van der Waals surface area (Å²) in [7, 11) is 0. The van der Waals surface area contributed by atoms with E-state index in [0.717, 1.165) is 38.2 Å². The summed E-state index contributed by atoms with van der Waals surface area (Å²) in [5, 5.41) is 0. The number of allylic oxidation sites excluding steroid dienone is 2. The Kier molecular flexibility index (Phi) is 5.04. The normalized spacial score (nSPS) is 28.5. The number of hydrogen-bond donors (Lipinski definition) is 0. The predicted molar refractivity (Wildman–Crippen MR) is 105 cm³/mol. The molecular formula is C22H28N2O3.